The van der Waals surface area contributed by atoms with Crippen LogP contribution in [0.1, 0.15) is 45.4 Å². The topological polar surface area (TPSA) is 15.3 Å². The van der Waals surface area contributed by atoms with Crippen LogP contribution in [0.2, 0.25) is 18.6 Å². The fourth-order valence-electron chi connectivity index (χ4n) is 6.86. The molecule has 4 unspecified atom stereocenters. The van der Waals surface area contributed by atoms with Crippen LogP contribution in [-0.2, 0) is 0 Å². The van der Waals surface area contributed by atoms with E-state index in [-0.39, 0.29) is 0 Å². The molecule has 0 spiro atoms. The zero-order valence-electron chi connectivity index (χ0n) is 16.6. The van der Waals surface area contributed by atoms with Crippen LogP contribution in [-0.4, -0.2) is 39.0 Å². The van der Waals surface area contributed by atoms with Crippen molar-refractivity contribution in [2.24, 2.45) is 23.7 Å². The maximum atomic E-state index is 3.55. The van der Waals surface area contributed by atoms with Gasteiger partial charge in [0.1, 0.15) is 8.24 Å². The maximum Gasteiger partial charge on any atom is 0.126 e. The second kappa shape index (κ2) is 7.32. The Hall–Kier alpha value is -0.383. The van der Waals surface area contributed by atoms with Gasteiger partial charge in [-0.3, -0.25) is 0 Å². The molecule has 0 aromatic carbocycles. The SMILES string of the molecule is CC1CC2C(C3CCCCC3)=CC=CC2C1[Si](C)(C)N1CCNCC1. The summed E-state index contributed by atoms with van der Waals surface area (Å²) in [5.74, 6) is 3.48. The number of hydrogen-bond acceptors (Lipinski definition) is 2. The van der Waals surface area contributed by atoms with Gasteiger partial charge < -0.3 is 9.88 Å². The standard InChI is InChI=1S/C22H38N2Si/c1-17-16-21-19(18-8-5-4-6-9-18)10-7-11-20(21)22(17)25(2,3)24-14-12-23-13-15-24/h7,10-11,17-18,20-23H,4-6,8-9,12-16H2,1-3H3. The van der Waals surface area contributed by atoms with Gasteiger partial charge in [0, 0.05) is 26.2 Å². The summed E-state index contributed by atoms with van der Waals surface area (Å²) >= 11 is 0. The van der Waals surface area contributed by atoms with Crippen LogP contribution in [0.15, 0.2) is 23.8 Å². The van der Waals surface area contributed by atoms with Crippen LogP contribution in [0.4, 0.5) is 0 Å². The minimum atomic E-state index is -1.40. The Bertz CT molecular complexity index is 526. The molecule has 1 heterocycles. The van der Waals surface area contributed by atoms with Gasteiger partial charge in [0.2, 0.25) is 0 Å². The molecule has 0 radical (unpaired) electrons. The van der Waals surface area contributed by atoms with Gasteiger partial charge in [-0.05, 0) is 48.5 Å². The summed E-state index contributed by atoms with van der Waals surface area (Å²) in [6.45, 7) is 12.8. The number of fused-ring (bicyclic) bond motifs is 1. The van der Waals surface area contributed by atoms with Crippen molar-refractivity contribution in [1.29, 1.82) is 0 Å². The van der Waals surface area contributed by atoms with Crippen molar-refractivity contribution in [2.45, 2.75) is 64.1 Å². The summed E-state index contributed by atoms with van der Waals surface area (Å²) in [6.07, 6.45) is 16.3. The van der Waals surface area contributed by atoms with E-state index in [1.165, 1.54) is 64.7 Å². The summed E-state index contributed by atoms with van der Waals surface area (Å²) in [4.78, 5) is 0. The third kappa shape index (κ3) is 3.32. The maximum absolute atomic E-state index is 3.55. The Balaban J connectivity index is 1.55. The van der Waals surface area contributed by atoms with Crippen molar-refractivity contribution >= 4 is 8.24 Å². The number of piperazine rings is 1. The lowest BCUT2D eigenvalue weighted by molar-refractivity contribution is 0.335. The van der Waals surface area contributed by atoms with Crippen molar-refractivity contribution in [3.05, 3.63) is 23.8 Å². The fourth-order valence-corrected chi connectivity index (χ4v) is 11.5. The Labute approximate surface area is 156 Å². The zero-order chi connectivity index (χ0) is 17.4. The van der Waals surface area contributed by atoms with E-state index in [0.29, 0.717) is 0 Å². The lowest BCUT2D eigenvalue weighted by Gasteiger charge is -2.47. The first-order chi connectivity index (χ1) is 12.1. The third-order valence-corrected chi connectivity index (χ3v) is 12.7. The molecule has 4 rings (SSSR count). The molecule has 4 aliphatic rings. The highest BCUT2D eigenvalue weighted by Crippen LogP contribution is 2.57. The average Bonchev–Trinajstić information content (AvgIpc) is 2.99. The van der Waals surface area contributed by atoms with Gasteiger partial charge in [-0.2, -0.15) is 0 Å². The summed E-state index contributed by atoms with van der Waals surface area (Å²) in [6, 6.07) is 0. The summed E-state index contributed by atoms with van der Waals surface area (Å²) in [5, 5.41) is 3.55. The summed E-state index contributed by atoms with van der Waals surface area (Å²) in [5.41, 5.74) is 2.78. The van der Waals surface area contributed by atoms with E-state index in [4.69, 9.17) is 0 Å². The van der Waals surface area contributed by atoms with E-state index in [1.807, 2.05) is 5.57 Å². The molecule has 2 saturated carbocycles. The first kappa shape index (κ1) is 18.0. The molecule has 1 N–H and O–H groups in total. The molecular formula is C22H38N2Si. The number of hydrogen-bond donors (Lipinski definition) is 1. The van der Waals surface area contributed by atoms with Crippen LogP contribution in [0.25, 0.3) is 0 Å². The first-order valence-electron chi connectivity index (χ1n) is 10.9. The Morgan fingerprint density at radius 3 is 2.52 bits per heavy atom. The van der Waals surface area contributed by atoms with Crippen LogP contribution in [0, 0.1) is 23.7 Å². The monoisotopic (exact) mass is 358 g/mol. The van der Waals surface area contributed by atoms with E-state index < -0.39 is 8.24 Å². The van der Waals surface area contributed by atoms with E-state index in [0.717, 1.165) is 29.2 Å². The van der Waals surface area contributed by atoms with E-state index in [1.54, 1.807) is 0 Å². The highest BCUT2D eigenvalue weighted by atomic mass is 28.3. The van der Waals surface area contributed by atoms with Crippen molar-refractivity contribution in [1.82, 2.24) is 9.88 Å². The lowest BCUT2D eigenvalue weighted by atomic mass is 9.73. The van der Waals surface area contributed by atoms with Gasteiger partial charge in [-0.1, -0.05) is 63.1 Å². The molecule has 2 nitrogen and oxygen atoms in total. The second-order valence-electron chi connectivity index (χ2n) is 9.70. The van der Waals surface area contributed by atoms with E-state index in [9.17, 15) is 0 Å². The number of rotatable bonds is 3. The van der Waals surface area contributed by atoms with Gasteiger partial charge >= 0.3 is 0 Å². The predicted molar refractivity (Wildman–Crippen MR) is 110 cm³/mol. The largest absolute Gasteiger partial charge is 0.321 e. The summed E-state index contributed by atoms with van der Waals surface area (Å²) < 4.78 is 2.92. The molecule has 1 saturated heterocycles. The summed E-state index contributed by atoms with van der Waals surface area (Å²) in [7, 11) is -1.40. The van der Waals surface area contributed by atoms with Crippen molar-refractivity contribution < 1.29 is 0 Å². The number of allylic oxidation sites excluding steroid dienone is 4. The van der Waals surface area contributed by atoms with Crippen LogP contribution >= 0.6 is 0 Å². The van der Waals surface area contributed by atoms with Gasteiger partial charge in [0.15, 0.2) is 0 Å². The van der Waals surface area contributed by atoms with E-state index >= 15 is 0 Å². The van der Waals surface area contributed by atoms with Crippen molar-refractivity contribution in [2.75, 3.05) is 26.2 Å². The van der Waals surface area contributed by atoms with Crippen LogP contribution in [0.3, 0.4) is 0 Å². The number of nitrogens with one attached hydrogen (secondary N) is 1. The molecule has 3 heteroatoms. The quantitative estimate of drug-likeness (QED) is 0.728. The first-order valence-corrected chi connectivity index (χ1v) is 14.0. The normalized spacial score (nSPS) is 37.8. The predicted octanol–water partition coefficient (Wildman–Crippen LogP) is 4.82. The Kier molecular flexibility index (Phi) is 5.27. The molecule has 25 heavy (non-hydrogen) atoms. The van der Waals surface area contributed by atoms with Gasteiger partial charge in [-0.25, -0.2) is 0 Å². The molecule has 3 aliphatic carbocycles. The second-order valence-corrected chi connectivity index (χ2v) is 14.3. The third-order valence-electron chi connectivity index (χ3n) is 7.99. The van der Waals surface area contributed by atoms with Crippen molar-refractivity contribution in [3.63, 3.8) is 0 Å². The number of nitrogens with zero attached hydrogens (tertiary/aromatic N) is 1. The molecule has 0 amide bonds. The fraction of sp³-hybridized carbons (Fsp3) is 0.818. The molecule has 0 bridgehead atoms. The average molecular weight is 359 g/mol. The Morgan fingerprint density at radius 2 is 1.80 bits per heavy atom. The minimum absolute atomic E-state index is 0.827. The van der Waals surface area contributed by atoms with E-state index in [2.05, 4.69) is 48.1 Å². The smallest absolute Gasteiger partial charge is 0.126 e. The molecule has 1 aliphatic heterocycles. The lowest BCUT2D eigenvalue weighted by Crippen LogP contribution is -2.60. The van der Waals surface area contributed by atoms with Crippen LogP contribution < -0.4 is 5.32 Å². The molecule has 0 aromatic heterocycles. The highest BCUT2D eigenvalue weighted by molar-refractivity contribution is 6.76. The molecule has 3 fully saturated rings. The highest BCUT2D eigenvalue weighted by Gasteiger charge is 2.52. The molecule has 0 aromatic rings. The van der Waals surface area contributed by atoms with Gasteiger partial charge in [0.05, 0.1) is 0 Å². The van der Waals surface area contributed by atoms with Gasteiger partial charge in [-0.15, -0.1) is 0 Å². The molecule has 4 atom stereocenters. The van der Waals surface area contributed by atoms with Gasteiger partial charge in [0.25, 0.3) is 0 Å². The Morgan fingerprint density at radius 1 is 1.08 bits per heavy atom. The van der Waals surface area contributed by atoms with Crippen molar-refractivity contribution in [3.8, 4) is 0 Å². The minimum Gasteiger partial charge on any atom is -0.321 e. The zero-order valence-corrected chi connectivity index (χ0v) is 17.6. The van der Waals surface area contributed by atoms with Crippen LogP contribution in [0.5, 0.6) is 0 Å². The molecular weight excluding hydrogens is 320 g/mol. The molecule has 140 valence electrons.